The van der Waals surface area contributed by atoms with E-state index >= 15 is 0 Å². The standard InChI is InChI=1S/C23H25F4N3/c1-14-10-17(21-13-29-22(30-21)16-4-2-3-5-16)7-6-15(14)8-9-20-19(24)11-18(12-28-20)23(25,26)27/h6-7,11-13,16-17H,2-5,8-10H2,1H3,(H,29,30). The van der Waals surface area contributed by atoms with Gasteiger partial charge in [-0.2, -0.15) is 13.2 Å². The van der Waals surface area contributed by atoms with Crippen LogP contribution >= 0.6 is 0 Å². The molecule has 2 aliphatic carbocycles. The van der Waals surface area contributed by atoms with Gasteiger partial charge in [0.1, 0.15) is 11.6 Å². The van der Waals surface area contributed by atoms with Crippen molar-refractivity contribution < 1.29 is 17.6 Å². The van der Waals surface area contributed by atoms with Crippen molar-refractivity contribution in [1.82, 2.24) is 15.0 Å². The second-order valence-electron chi connectivity index (χ2n) is 8.33. The molecule has 2 aliphatic rings. The van der Waals surface area contributed by atoms with Crippen LogP contribution < -0.4 is 0 Å². The topological polar surface area (TPSA) is 41.6 Å². The number of nitrogens with zero attached hydrogens (tertiary/aromatic N) is 2. The van der Waals surface area contributed by atoms with E-state index in [0.717, 1.165) is 23.5 Å². The number of imidazole rings is 1. The smallest absolute Gasteiger partial charge is 0.345 e. The van der Waals surface area contributed by atoms with Crippen molar-refractivity contribution in [3.63, 3.8) is 0 Å². The van der Waals surface area contributed by atoms with Gasteiger partial charge in [0.25, 0.3) is 0 Å². The second-order valence-corrected chi connectivity index (χ2v) is 8.33. The maximum atomic E-state index is 14.0. The molecule has 160 valence electrons. The van der Waals surface area contributed by atoms with Crippen LogP contribution in [-0.4, -0.2) is 15.0 Å². The van der Waals surface area contributed by atoms with Gasteiger partial charge in [-0.3, -0.25) is 4.98 Å². The Balaban J connectivity index is 1.38. The van der Waals surface area contributed by atoms with Crippen LogP contribution in [0, 0.1) is 5.82 Å². The minimum Gasteiger partial charge on any atom is -0.345 e. The molecule has 0 saturated heterocycles. The molecule has 0 aromatic carbocycles. The average molecular weight is 419 g/mol. The largest absolute Gasteiger partial charge is 0.417 e. The Labute approximate surface area is 173 Å². The van der Waals surface area contributed by atoms with Gasteiger partial charge in [-0.25, -0.2) is 9.37 Å². The van der Waals surface area contributed by atoms with E-state index in [4.69, 9.17) is 0 Å². The number of alkyl halides is 3. The summed E-state index contributed by atoms with van der Waals surface area (Å²) in [6.07, 6.45) is 8.81. The van der Waals surface area contributed by atoms with Crippen molar-refractivity contribution >= 4 is 0 Å². The summed E-state index contributed by atoms with van der Waals surface area (Å²) in [6.45, 7) is 2.05. The number of rotatable bonds is 5. The van der Waals surface area contributed by atoms with Crippen LogP contribution in [0.5, 0.6) is 0 Å². The van der Waals surface area contributed by atoms with E-state index in [-0.39, 0.29) is 18.0 Å². The van der Waals surface area contributed by atoms with Crippen LogP contribution in [0.2, 0.25) is 0 Å². The third-order valence-corrected chi connectivity index (χ3v) is 6.24. The molecule has 30 heavy (non-hydrogen) atoms. The second kappa shape index (κ2) is 8.36. The summed E-state index contributed by atoms with van der Waals surface area (Å²) in [5.41, 5.74) is 2.40. The van der Waals surface area contributed by atoms with Crippen molar-refractivity contribution in [2.24, 2.45) is 0 Å². The minimum absolute atomic E-state index is 0.0635. The van der Waals surface area contributed by atoms with Gasteiger partial charge in [0, 0.05) is 29.9 Å². The highest BCUT2D eigenvalue weighted by molar-refractivity contribution is 5.35. The Morgan fingerprint density at radius 1 is 1.10 bits per heavy atom. The molecule has 2 aromatic rings. The van der Waals surface area contributed by atoms with Crippen LogP contribution in [0.15, 0.2) is 41.8 Å². The zero-order valence-electron chi connectivity index (χ0n) is 16.9. The fourth-order valence-electron chi connectivity index (χ4n) is 4.42. The van der Waals surface area contributed by atoms with Crippen LogP contribution in [-0.2, 0) is 12.6 Å². The number of hydrogen-bond acceptors (Lipinski definition) is 2. The molecule has 1 saturated carbocycles. The quantitative estimate of drug-likeness (QED) is 0.554. The summed E-state index contributed by atoms with van der Waals surface area (Å²) >= 11 is 0. The molecule has 1 atom stereocenters. The lowest BCUT2D eigenvalue weighted by molar-refractivity contribution is -0.138. The molecule has 0 bridgehead atoms. The fraction of sp³-hybridized carbons (Fsp3) is 0.478. The predicted molar refractivity (Wildman–Crippen MR) is 107 cm³/mol. The third-order valence-electron chi connectivity index (χ3n) is 6.24. The first-order valence-corrected chi connectivity index (χ1v) is 10.4. The zero-order chi connectivity index (χ0) is 21.3. The number of hydrogen-bond donors (Lipinski definition) is 1. The van der Waals surface area contributed by atoms with Gasteiger partial charge in [0.15, 0.2) is 0 Å². The predicted octanol–water partition coefficient (Wildman–Crippen LogP) is 6.61. The molecule has 0 radical (unpaired) electrons. The first-order chi connectivity index (χ1) is 14.3. The molecule has 1 fully saturated rings. The molecule has 2 aromatic heterocycles. The van der Waals surface area contributed by atoms with Crippen molar-refractivity contribution in [2.45, 2.75) is 69.9 Å². The van der Waals surface area contributed by atoms with E-state index in [1.165, 1.54) is 31.3 Å². The van der Waals surface area contributed by atoms with E-state index in [1.807, 2.05) is 12.3 Å². The van der Waals surface area contributed by atoms with Crippen molar-refractivity contribution in [3.8, 4) is 0 Å². The summed E-state index contributed by atoms with van der Waals surface area (Å²) in [5.74, 6) is 0.965. The van der Waals surface area contributed by atoms with E-state index < -0.39 is 17.6 Å². The highest BCUT2D eigenvalue weighted by atomic mass is 19.4. The molecule has 7 heteroatoms. The van der Waals surface area contributed by atoms with Crippen molar-refractivity contribution in [2.75, 3.05) is 0 Å². The average Bonchev–Trinajstić information content (AvgIpc) is 3.38. The first-order valence-electron chi connectivity index (χ1n) is 10.4. The molecule has 0 aliphatic heterocycles. The highest BCUT2D eigenvalue weighted by Crippen LogP contribution is 2.36. The van der Waals surface area contributed by atoms with Crippen LogP contribution in [0.4, 0.5) is 17.6 Å². The van der Waals surface area contributed by atoms with E-state index in [9.17, 15) is 17.6 Å². The molecule has 2 heterocycles. The Morgan fingerprint density at radius 2 is 1.87 bits per heavy atom. The minimum atomic E-state index is -4.59. The molecule has 0 spiro atoms. The molecule has 4 rings (SSSR count). The number of halogens is 4. The Morgan fingerprint density at radius 3 is 2.53 bits per heavy atom. The SMILES string of the molecule is CC1=C(CCc2ncc(C(F)(F)F)cc2F)C=CC(c2cnc(C3CCCC3)[nH]2)C1. The van der Waals surface area contributed by atoms with Gasteiger partial charge < -0.3 is 4.98 Å². The van der Waals surface area contributed by atoms with Gasteiger partial charge in [0.2, 0.25) is 0 Å². The monoisotopic (exact) mass is 419 g/mol. The summed E-state index contributed by atoms with van der Waals surface area (Å²) in [4.78, 5) is 11.8. The molecule has 0 amide bonds. The molecular weight excluding hydrogens is 394 g/mol. The van der Waals surface area contributed by atoms with Gasteiger partial charge in [0.05, 0.1) is 11.3 Å². The Kier molecular flexibility index (Phi) is 5.80. The van der Waals surface area contributed by atoms with Crippen LogP contribution in [0.25, 0.3) is 0 Å². The van der Waals surface area contributed by atoms with E-state index in [0.29, 0.717) is 24.6 Å². The third kappa shape index (κ3) is 4.50. The van der Waals surface area contributed by atoms with Crippen molar-refractivity contribution in [3.05, 3.63) is 70.4 Å². The molecule has 1 unspecified atom stereocenters. The van der Waals surface area contributed by atoms with Gasteiger partial charge in [-0.05, 0) is 50.7 Å². The van der Waals surface area contributed by atoms with E-state index in [2.05, 4.69) is 28.0 Å². The normalized spacial score (nSPS) is 20.4. The maximum Gasteiger partial charge on any atom is 0.417 e. The van der Waals surface area contributed by atoms with Gasteiger partial charge >= 0.3 is 6.18 Å². The summed E-state index contributed by atoms with van der Waals surface area (Å²) in [5, 5.41) is 0. The lowest BCUT2D eigenvalue weighted by atomic mass is 9.87. The van der Waals surface area contributed by atoms with E-state index in [1.54, 1.807) is 0 Å². The van der Waals surface area contributed by atoms with Crippen molar-refractivity contribution in [1.29, 1.82) is 0 Å². The molecule has 1 N–H and O–H groups in total. The lowest BCUT2D eigenvalue weighted by Gasteiger charge is -2.20. The Hall–Kier alpha value is -2.44. The molecular formula is C23H25F4N3. The van der Waals surface area contributed by atoms with Crippen LogP contribution in [0.3, 0.4) is 0 Å². The van der Waals surface area contributed by atoms with Crippen LogP contribution in [0.1, 0.15) is 80.1 Å². The summed E-state index contributed by atoms with van der Waals surface area (Å²) in [7, 11) is 0. The summed E-state index contributed by atoms with van der Waals surface area (Å²) in [6, 6.07) is 0.524. The lowest BCUT2D eigenvalue weighted by Crippen LogP contribution is -2.09. The van der Waals surface area contributed by atoms with Gasteiger partial charge in [-0.15, -0.1) is 0 Å². The first kappa shape index (κ1) is 20.8. The summed E-state index contributed by atoms with van der Waals surface area (Å²) < 4.78 is 52.0. The highest BCUT2D eigenvalue weighted by Gasteiger charge is 2.32. The number of aromatic nitrogens is 3. The number of aryl methyl sites for hydroxylation is 1. The zero-order valence-corrected chi connectivity index (χ0v) is 16.9. The number of H-pyrrole nitrogens is 1. The number of allylic oxidation sites excluding steroid dienone is 4. The number of pyridine rings is 1. The maximum absolute atomic E-state index is 14.0. The van der Waals surface area contributed by atoms with Gasteiger partial charge in [-0.1, -0.05) is 30.6 Å². The Bertz CT molecular complexity index is 965. The number of aromatic amines is 1. The fourth-order valence-corrected chi connectivity index (χ4v) is 4.42. The number of nitrogens with one attached hydrogen (secondary N) is 1. The molecule has 3 nitrogen and oxygen atoms in total.